The second-order valence-electron chi connectivity index (χ2n) is 2.43. The molecule has 3 nitrogen and oxygen atoms in total. The van der Waals surface area contributed by atoms with Gasteiger partial charge in [-0.15, -0.1) is 0 Å². The zero-order valence-electron chi connectivity index (χ0n) is 6.89. The average Bonchev–Trinajstić information content (AvgIpc) is 2.09. The fraction of sp³-hybridized carbons (Fsp3) is 0.571. The zero-order chi connectivity index (χ0) is 7.72. The lowest BCUT2D eigenvalue weighted by atomic mass is 10.3. The van der Waals surface area contributed by atoms with Crippen LogP contribution in [-0.4, -0.2) is 16.8 Å². The summed E-state index contributed by atoms with van der Waals surface area (Å²) in [5.41, 5.74) is 2.32. The molecule has 0 radical (unpaired) electrons. The highest BCUT2D eigenvalue weighted by Crippen LogP contribution is 2.15. The van der Waals surface area contributed by atoms with Crippen molar-refractivity contribution in [2.75, 3.05) is 12.4 Å². The van der Waals surface area contributed by atoms with E-state index in [0.717, 1.165) is 11.5 Å². The lowest BCUT2D eigenvalue weighted by molar-refractivity contribution is 0.763. The van der Waals surface area contributed by atoms with Gasteiger partial charge in [0.05, 0.1) is 5.69 Å². The molecule has 0 aliphatic heterocycles. The van der Waals surface area contributed by atoms with Crippen LogP contribution in [0.3, 0.4) is 0 Å². The van der Waals surface area contributed by atoms with Crippen LogP contribution in [0.25, 0.3) is 0 Å². The molecule has 1 aromatic rings. The van der Waals surface area contributed by atoms with Gasteiger partial charge in [-0.2, -0.15) is 5.10 Å². The van der Waals surface area contributed by atoms with Crippen molar-refractivity contribution in [2.24, 2.45) is 7.05 Å². The molecule has 0 amide bonds. The molecule has 3 heteroatoms. The first-order chi connectivity index (χ1) is 4.66. The van der Waals surface area contributed by atoms with Crippen molar-refractivity contribution >= 4 is 5.82 Å². The van der Waals surface area contributed by atoms with E-state index in [1.54, 1.807) is 0 Å². The van der Waals surface area contributed by atoms with E-state index in [1.165, 1.54) is 5.56 Å². The van der Waals surface area contributed by atoms with Crippen LogP contribution in [0.4, 0.5) is 5.82 Å². The van der Waals surface area contributed by atoms with E-state index in [2.05, 4.69) is 17.3 Å². The fourth-order valence-electron chi connectivity index (χ4n) is 1.11. The van der Waals surface area contributed by atoms with Crippen molar-refractivity contribution in [1.29, 1.82) is 0 Å². The topological polar surface area (TPSA) is 29.9 Å². The van der Waals surface area contributed by atoms with Crippen LogP contribution in [0.15, 0.2) is 0 Å². The smallest absolute Gasteiger partial charge is 0.126 e. The summed E-state index contributed by atoms with van der Waals surface area (Å²) in [6.45, 7) is 4.07. The van der Waals surface area contributed by atoms with Gasteiger partial charge in [0.15, 0.2) is 0 Å². The van der Waals surface area contributed by atoms with Crippen LogP contribution in [0.5, 0.6) is 0 Å². The summed E-state index contributed by atoms with van der Waals surface area (Å²) in [4.78, 5) is 0. The van der Waals surface area contributed by atoms with Crippen molar-refractivity contribution in [3.05, 3.63) is 11.3 Å². The first-order valence-electron chi connectivity index (χ1n) is 3.34. The standard InChI is InChI=1S/C7H13N3/c1-5-6(2)9-10(4)7(5)8-3/h8H,1-4H3. The van der Waals surface area contributed by atoms with Gasteiger partial charge in [-0.1, -0.05) is 0 Å². The Labute approximate surface area is 61.0 Å². The Morgan fingerprint density at radius 2 is 2.00 bits per heavy atom. The normalized spacial score (nSPS) is 10.0. The number of hydrogen-bond acceptors (Lipinski definition) is 2. The minimum Gasteiger partial charge on any atom is -0.373 e. The summed E-state index contributed by atoms with van der Waals surface area (Å²) in [6, 6.07) is 0. The molecule has 0 aromatic carbocycles. The molecule has 1 aromatic heterocycles. The molecule has 10 heavy (non-hydrogen) atoms. The minimum atomic E-state index is 1.09. The molecule has 0 atom stereocenters. The third-order valence-corrected chi connectivity index (χ3v) is 1.76. The first kappa shape index (κ1) is 7.12. The van der Waals surface area contributed by atoms with Gasteiger partial charge in [0.1, 0.15) is 5.82 Å². The highest BCUT2D eigenvalue weighted by atomic mass is 15.3. The molecule has 1 heterocycles. The molecule has 56 valence electrons. The maximum absolute atomic E-state index is 4.24. The summed E-state index contributed by atoms with van der Waals surface area (Å²) in [6.07, 6.45) is 0. The Balaban J connectivity index is 3.20. The molecule has 0 fully saturated rings. The molecular formula is C7H13N3. The molecule has 0 aliphatic carbocycles. The van der Waals surface area contributed by atoms with Crippen LogP contribution >= 0.6 is 0 Å². The average molecular weight is 139 g/mol. The highest BCUT2D eigenvalue weighted by Gasteiger charge is 2.04. The van der Waals surface area contributed by atoms with Gasteiger partial charge in [0.25, 0.3) is 0 Å². The largest absolute Gasteiger partial charge is 0.373 e. The number of anilines is 1. The van der Waals surface area contributed by atoms with Gasteiger partial charge in [-0.05, 0) is 13.8 Å². The SMILES string of the molecule is CNc1c(C)c(C)nn1C. The Morgan fingerprint density at radius 3 is 2.20 bits per heavy atom. The summed E-state index contributed by atoms with van der Waals surface area (Å²) in [5.74, 6) is 1.09. The van der Waals surface area contributed by atoms with Gasteiger partial charge in [-0.25, -0.2) is 0 Å². The Kier molecular flexibility index (Phi) is 1.66. The summed E-state index contributed by atoms with van der Waals surface area (Å²) < 4.78 is 1.85. The third-order valence-electron chi connectivity index (χ3n) is 1.76. The van der Waals surface area contributed by atoms with Crippen LogP contribution < -0.4 is 5.32 Å². The van der Waals surface area contributed by atoms with Crippen molar-refractivity contribution in [1.82, 2.24) is 9.78 Å². The summed E-state index contributed by atoms with van der Waals surface area (Å²) in [5, 5.41) is 7.32. The van der Waals surface area contributed by atoms with Gasteiger partial charge in [-0.3, -0.25) is 4.68 Å². The van der Waals surface area contributed by atoms with Gasteiger partial charge < -0.3 is 5.32 Å². The second-order valence-corrected chi connectivity index (χ2v) is 2.43. The van der Waals surface area contributed by atoms with Crippen molar-refractivity contribution in [3.63, 3.8) is 0 Å². The number of aryl methyl sites for hydroxylation is 2. The molecule has 0 aliphatic rings. The fourth-order valence-corrected chi connectivity index (χ4v) is 1.11. The van der Waals surface area contributed by atoms with E-state index in [1.807, 2.05) is 25.7 Å². The third kappa shape index (κ3) is 0.875. The lowest BCUT2D eigenvalue weighted by Gasteiger charge is -1.99. The van der Waals surface area contributed by atoms with Crippen LogP contribution in [-0.2, 0) is 7.05 Å². The second kappa shape index (κ2) is 2.33. The molecular weight excluding hydrogens is 126 g/mol. The molecule has 0 saturated heterocycles. The van der Waals surface area contributed by atoms with Crippen molar-refractivity contribution in [3.8, 4) is 0 Å². The zero-order valence-corrected chi connectivity index (χ0v) is 6.89. The molecule has 0 saturated carbocycles. The van der Waals surface area contributed by atoms with E-state index < -0.39 is 0 Å². The van der Waals surface area contributed by atoms with E-state index in [-0.39, 0.29) is 0 Å². The maximum Gasteiger partial charge on any atom is 0.126 e. The van der Waals surface area contributed by atoms with E-state index in [0.29, 0.717) is 0 Å². The van der Waals surface area contributed by atoms with Crippen molar-refractivity contribution in [2.45, 2.75) is 13.8 Å². The molecule has 0 bridgehead atoms. The van der Waals surface area contributed by atoms with Gasteiger partial charge in [0.2, 0.25) is 0 Å². The van der Waals surface area contributed by atoms with E-state index in [4.69, 9.17) is 0 Å². The number of aromatic nitrogens is 2. The van der Waals surface area contributed by atoms with Gasteiger partial charge in [0, 0.05) is 19.7 Å². The predicted octanol–water partition coefficient (Wildman–Crippen LogP) is 1.08. The Morgan fingerprint density at radius 1 is 1.40 bits per heavy atom. The first-order valence-corrected chi connectivity index (χ1v) is 3.34. The molecule has 1 N–H and O–H groups in total. The lowest BCUT2D eigenvalue weighted by Crippen LogP contribution is -1.98. The van der Waals surface area contributed by atoms with E-state index in [9.17, 15) is 0 Å². The Hall–Kier alpha value is -0.990. The van der Waals surface area contributed by atoms with Crippen LogP contribution in [0, 0.1) is 13.8 Å². The number of hydrogen-bond donors (Lipinski definition) is 1. The monoisotopic (exact) mass is 139 g/mol. The van der Waals surface area contributed by atoms with Crippen LogP contribution in [0.1, 0.15) is 11.3 Å². The quantitative estimate of drug-likeness (QED) is 0.631. The molecule has 1 rings (SSSR count). The maximum atomic E-state index is 4.24. The van der Waals surface area contributed by atoms with Crippen molar-refractivity contribution < 1.29 is 0 Å². The molecule has 0 spiro atoms. The highest BCUT2D eigenvalue weighted by molar-refractivity contribution is 5.45. The molecule has 0 unspecified atom stereocenters. The van der Waals surface area contributed by atoms with E-state index >= 15 is 0 Å². The number of nitrogens with one attached hydrogen (secondary N) is 1. The minimum absolute atomic E-state index is 1.09. The van der Waals surface area contributed by atoms with Gasteiger partial charge >= 0.3 is 0 Å². The predicted molar refractivity (Wildman–Crippen MR) is 42.2 cm³/mol. The number of rotatable bonds is 1. The summed E-state index contributed by atoms with van der Waals surface area (Å²) >= 11 is 0. The Bertz CT molecular complexity index is 237. The number of nitrogens with zero attached hydrogens (tertiary/aromatic N) is 2. The summed E-state index contributed by atoms with van der Waals surface area (Å²) in [7, 11) is 3.84. The van der Waals surface area contributed by atoms with Crippen LogP contribution in [0.2, 0.25) is 0 Å².